The van der Waals surface area contributed by atoms with Crippen molar-refractivity contribution in [2.75, 3.05) is 0 Å². The standard InChI is InChI=1S/C8H8BF4/c1-2-6-3-4-7(8(10)5-6)9(11,12)13/h3-5H,2H2,1H3/q-1. The Kier molecular flexibility index (Phi) is 2.64. The van der Waals surface area contributed by atoms with E-state index in [0.717, 1.165) is 12.1 Å². The van der Waals surface area contributed by atoms with Gasteiger partial charge in [0.25, 0.3) is 0 Å². The summed E-state index contributed by atoms with van der Waals surface area (Å²) in [6, 6.07) is 3.03. The van der Waals surface area contributed by atoms with Crippen molar-refractivity contribution >= 4 is 12.4 Å². The van der Waals surface area contributed by atoms with E-state index in [4.69, 9.17) is 0 Å². The van der Waals surface area contributed by atoms with Crippen molar-refractivity contribution in [1.82, 2.24) is 0 Å². The highest BCUT2D eigenvalue weighted by atomic mass is 19.4. The lowest BCUT2D eigenvalue weighted by Crippen LogP contribution is -2.36. The topological polar surface area (TPSA) is 0 Å². The van der Waals surface area contributed by atoms with Crippen molar-refractivity contribution < 1.29 is 17.3 Å². The van der Waals surface area contributed by atoms with Crippen LogP contribution in [0.3, 0.4) is 0 Å². The van der Waals surface area contributed by atoms with Gasteiger partial charge in [0.05, 0.1) is 5.82 Å². The fourth-order valence-corrected chi connectivity index (χ4v) is 1.06. The summed E-state index contributed by atoms with van der Waals surface area (Å²) in [6.45, 7) is -3.47. The lowest BCUT2D eigenvalue weighted by molar-refractivity contribution is 0.494. The number of benzene rings is 1. The molecule has 0 fully saturated rings. The van der Waals surface area contributed by atoms with Gasteiger partial charge < -0.3 is 12.9 Å². The van der Waals surface area contributed by atoms with E-state index >= 15 is 0 Å². The molecule has 13 heavy (non-hydrogen) atoms. The van der Waals surface area contributed by atoms with Gasteiger partial charge >= 0.3 is 6.98 Å². The van der Waals surface area contributed by atoms with Crippen LogP contribution in [-0.2, 0) is 6.42 Å². The predicted octanol–water partition coefficient (Wildman–Crippen LogP) is 2.44. The molecule has 72 valence electrons. The third-order valence-corrected chi connectivity index (χ3v) is 1.83. The summed E-state index contributed by atoms with van der Waals surface area (Å²) in [4.78, 5) is 0. The fraction of sp³-hybridized carbons (Fsp3) is 0.250. The van der Waals surface area contributed by atoms with Crippen LogP contribution in [0, 0.1) is 5.82 Å². The molecule has 0 atom stereocenters. The molecule has 1 aromatic rings. The van der Waals surface area contributed by atoms with Crippen molar-refractivity contribution in [3.63, 3.8) is 0 Å². The van der Waals surface area contributed by atoms with Gasteiger partial charge in [0, 0.05) is 0 Å². The van der Waals surface area contributed by atoms with E-state index in [1.807, 2.05) is 0 Å². The van der Waals surface area contributed by atoms with Crippen molar-refractivity contribution in [2.45, 2.75) is 13.3 Å². The maximum Gasteiger partial charge on any atom is 0.512 e. The first-order valence-corrected chi connectivity index (χ1v) is 3.93. The van der Waals surface area contributed by atoms with Crippen LogP contribution < -0.4 is 5.46 Å². The molecule has 0 radical (unpaired) electrons. The maximum absolute atomic E-state index is 12.8. The summed E-state index contributed by atoms with van der Waals surface area (Å²) in [5.74, 6) is -1.17. The van der Waals surface area contributed by atoms with Crippen LogP contribution in [0.5, 0.6) is 0 Å². The van der Waals surface area contributed by atoms with E-state index in [-0.39, 0.29) is 0 Å². The summed E-state index contributed by atoms with van der Waals surface area (Å²) >= 11 is 0. The molecule has 0 N–H and O–H groups in total. The first-order chi connectivity index (χ1) is 5.95. The van der Waals surface area contributed by atoms with Crippen LogP contribution in [0.2, 0.25) is 0 Å². The summed E-state index contributed by atoms with van der Waals surface area (Å²) in [7, 11) is 0. The molecule has 5 heteroatoms. The van der Waals surface area contributed by atoms with E-state index in [1.54, 1.807) is 6.92 Å². The number of aryl methyl sites for hydroxylation is 1. The van der Waals surface area contributed by atoms with Crippen LogP contribution in [-0.4, -0.2) is 6.98 Å². The zero-order chi connectivity index (χ0) is 10.1. The second-order valence-corrected chi connectivity index (χ2v) is 2.78. The van der Waals surface area contributed by atoms with Gasteiger partial charge in [-0.05, 0) is 18.1 Å². The summed E-state index contributed by atoms with van der Waals surface area (Å²) in [5, 5.41) is 0. The Morgan fingerprint density at radius 1 is 1.23 bits per heavy atom. The van der Waals surface area contributed by atoms with Crippen molar-refractivity contribution in [2.24, 2.45) is 0 Å². The van der Waals surface area contributed by atoms with Crippen molar-refractivity contribution in [1.29, 1.82) is 0 Å². The third-order valence-electron chi connectivity index (χ3n) is 1.83. The van der Waals surface area contributed by atoms with E-state index in [1.165, 1.54) is 6.07 Å². The Morgan fingerprint density at radius 3 is 2.23 bits per heavy atom. The molecule has 0 aliphatic rings. The lowest BCUT2D eigenvalue weighted by Gasteiger charge is -2.15. The minimum Gasteiger partial charge on any atom is -0.445 e. The molecule has 0 amide bonds. The number of hydrogen-bond acceptors (Lipinski definition) is 0. The monoisotopic (exact) mass is 191 g/mol. The van der Waals surface area contributed by atoms with Gasteiger partial charge in [-0.25, -0.2) is 4.39 Å². The summed E-state index contributed by atoms with van der Waals surface area (Å²) in [5.41, 5.74) is -0.571. The molecular weight excluding hydrogens is 183 g/mol. The quantitative estimate of drug-likeness (QED) is 0.497. The van der Waals surface area contributed by atoms with Crippen molar-refractivity contribution in [3.05, 3.63) is 29.6 Å². The highest BCUT2D eigenvalue weighted by Crippen LogP contribution is 2.12. The molecule has 0 aliphatic carbocycles. The van der Waals surface area contributed by atoms with Gasteiger partial charge in [-0.1, -0.05) is 24.5 Å². The molecular formula is C8H8BF4-. The van der Waals surface area contributed by atoms with E-state index in [2.05, 4.69) is 0 Å². The Balaban J connectivity index is 3.13. The average Bonchev–Trinajstić information content (AvgIpc) is 2.01. The highest BCUT2D eigenvalue weighted by Gasteiger charge is 2.28. The molecule has 1 aromatic carbocycles. The molecule has 0 aliphatic heterocycles. The van der Waals surface area contributed by atoms with Crippen LogP contribution in [0.4, 0.5) is 17.3 Å². The average molecular weight is 191 g/mol. The van der Waals surface area contributed by atoms with Crippen LogP contribution in [0.25, 0.3) is 0 Å². The second-order valence-electron chi connectivity index (χ2n) is 2.78. The Bertz CT molecular complexity index is 306. The molecule has 1 rings (SSSR count). The fourth-order valence-electron chi connectivity index (χ4n) is 1.06. The Morgan fingerprint density at radius 2 is 1.85 bits per heavy atom. The van der Waals surface area contributed by atoms with Gasteiger partial charge in [0.1, 0.15) is 0 Å². The second kappa shape index (κ2) is 3.40. The molecule has 0 spiro atoms. The SMILES string of the molecule is CCc1ccc([B-](F)(F)F)c(F)c1. The maximum atomic E-state index is 12.8. The first kappa shape index (κ1) is 10.1. The smallest absolute Gasteiger partial charge is 0.445 e. The van der Waals surface area contributed by atoms with Crippen molar-refractivity contribution in [3.8, 4) is 0 Å². The highest BCUT2D eigenvalue weighted by molar-refractivity contribution is 6.73. The van der Waals surface area contributed by atoms with Crippen LogP contribution in [0.15, 0.2) is 18.2 Å². The molecule has 0 bridgehead atoms. The van der Waals surface area contributed by atoms with Crippen LogP contribution >= 0.6 is 0 Å². The minimum atomic E-state index is -5.23. The van der Waals surface area contributed by atoms with Gasteiger partial charge in [-0.3, -0.25) is 0 Å². The largest absolute Gasteiger partial charge is 0.512 e. The van der Waals surface area contributed by atoms with Gasteiger partial charge in [-0.15, -0.1) is 0 Å². The number of halogens is 4. The zero-order valence-electron chi connectivity index (χ0n) is 7.03. The molecule has 0 saturated heterocycles. The van der Waals surface area contributed by atoms with Gasteiger partial charge in [0.15, 0.2) is 0 Å². The first-order valence-electron chi connectivity index (χ1n) is 3.93. The predicted molar refractivity (Wildman–Crippen MR) is 44.5 cm³/mol. The Labute approximate surface area is 73.6 Å². The van der Waals surface area contributed by atoms with E-state index < -0.39 is 18.3 Å². The normalized spacial score (nSPS) is 11.8. The summed E-state index contributed by atoms with van der Waals surface area (Å²) < 4.78 is 49.1. The third kappa shape index (κ3) is 2.23. The minimum absolute atomic E-state index is 0.530. The molecule has 0 unspecified atom stereocenters. The van der Waals surface area contributed by atoms with Gasteiger partial charge in [-0.2, -0.15) is 0 Å². The van der Waals surface area contributed by atoms with Crippen LogP contribution in [0.1, 0.15) is 12.5 Å². The van der Waals surface area contributed by atoms with Gasteiger partial charge in [0.2, 0.25) is 0 Å². The molecule has 0 aromatic heterocycles. The van der Waals surface area contributed by atoms with E-state index in [9.17, 15) is 17.3 Å². The molecule has 0 saturated carbocycles. The molecule has 0 nitrogen and oxygen atoms in total. The molecule has 0 heterocycles. The Hall–Kier alpha value is -0.995. The lowest BCUT2D eigenvalue weighted by atomic mass is 9.79. The number of rotatable bonds is 2. The number of hydrogen-bond donors (Lipinski definition) is 0. The summed E-state index contributed by atoms with van der Waals surface area (Å²) in [6.07, 6.45) is 0.530. The van der Waals surface area contributed by atoms with E-state index in [0.29, 0.717) is 12.0 Å². The zero-order valence-corrected chi connectivity index (χ0v) is 7.03.